The first-order chi connectivity index (χ1) is 10.2. The van der Waals surface area contributed by atoms with Gasteiger partial charge in [-0.25, -0.2) is 8.42 Å². The van der Waals surface area contributed by atoms with Crippen molar-refractivity contribution in [3.63, 3.8) is 0 Å². The summed E-state index contributed by atoms with van der Waals surface area (Å²) in [5.41, 5.74) is 0.119. The first kappa shape index (κ1) is 18.8. The largest absolute Gasteiger partial charge is 0.341 e. The van der Waals surface area contributed by atoms with Gasteiger partial charge in [-0.2, -0.15) is 0 Å². The van der Waals surface area contributed by atoms with E-state index < -0.39 is 9.84 Å². The van der Waals surface area contributed by atoms with Crippen molar-refractivity contribution in [1.82, 2.24) is 4.90 Å². The van der Waals surface area contributed by atoms with Crippen LogP contribution in [0.25, 0.3) is 0 Å². The molecule has 23 heavy (non-hydrogen) atoms. The minimum Gasteiger partial charge on any atom is -0.341 e. The first-order valence-corrected chi connectivity index (χ1v) is 10.5. The van der Waals surface area contributed by atoms with Crippen LogP contribution in [-0.2, 0) is 14.6 Å². The molecular weight excluding hydrogens is 310 g/mol. The van der Waals surface area contributed by atoms with Crippen LogP contribution in [-0.4, -0.2) is 43.8 Å². The van der Waals surface area contributed by atoms with E-state index in [1.807, 2.05) is 4.90 Å². The molecule has 2 aliphatic rings. The van der Waals surface area contributed by atoms with Crippen LogP contribution in [0.5, 0.6) is 0 Å². The van der Waals surface area contributed by atoms with Gasteiger partial charge < -0.3 is 4.90 Å². The Morgan fingerprint density at radius 2 is 1.43 bits per heavy atom. The lowest BCUT2D eigenvalue weighted by Crippen LogP contribution is -2.44. The number of hydrogen-bond acceptors (Lipinski definition) is 3. The summed E-state index contributed by atoms with van der Waals surface area (Å²) in [5.74, 6) is 0.807. The molecular formula is C18H33NO3S. The Balaban J connectivity index is 2.07. The second kappa shape index (κ2) is 5.75. The van der Waals surface area contributed by atoms with Gasteiger partial charge >= 0.3 is 0 Å². The highest BCUT2D eigenvalue weighted by atomic mass is 32.2. The fourth-order valence-electron chi connectivity index (χ4n) is 3.77. The van der Waals surface area contributed by atoms with Gasteiger partial charge in [-0.3, -0.25) is 4.79 Å². The molecule has 1 aliphatic heterocycles. The molecule has 5 heteroatoms. The molecule has 0 radical (unpaired) electrons. The third-order valence-corrected chi connectivity index (χ3v) is 6.60. The molecule has 1 heterocycles. The average Bonchev–Trinajstić information content (AvgIpc) is 3.03. The molecule has 0 aromatic heterocycles. The van der Waals surface area contributed by atoms with E-state index in [2.05, 4.69) is 41.5 Å². The topological polar surface area (TPSA) is 54.5 Å². The second-order valence-corrected chi connectivity index (χ2v) is 12.4. The lowest BCUT2D eigenvalue weighted by molar-refractivity contribution is -0.136. The van der Waals surface area contributed by atoms with Crippen molar-refractivity contribution in [2.45, 2.75) is 60.8 Å². The lowest BCUT2D eigenvalue weighted by atomic mass is 9.90. The number of rotatable bonds is 3. The van der Waals surface area contributed by atoms with Crippen LogP contribution < -0.4 is 0 Å². The minimum absolute atomic E-state index is 0.0174. The van der Waals surface area contributed by atoms with Crippen molar-refractivity contribution >= 4 is 15.7 Å². The highest BCUT2D eigenvalue weighted by Crippen LogP contribution is 2.60. The molecule has 1 aliphatic carbocycles. The van der Waals surface area contributed by atoms with Gasteiger partial charge in [0, 0.05) is 19.0 Å². The highest BCUT2D eigenvalue weighted by molar-refractivity contribution is 7.91. The molecule has 134 valence electrons. The quantitative estimate of drug-likeness (QED) is 0.791. The van der Waals surface area contributed by atoms with Gasteiger partial charge in [0.25, 0.3) is 0 Å². The fourth-order valence-corrected chi connectivity index (χ4v) is 5.41. The van der Waals surface area contributed by atoms with E-state index in [4.69, 9.17) is 0 Å². The Labute approximate surface area is 141 Å². The summed E-state index contributed by atoms with van der Waals surface area (Å²) in [6.07, 6.45) is 2.22. The summed E-state index contributed by atoms with van der Waals surface area (Å²) in [5, 5.41) is 0. The SMILES string of the molecule is CC(C)(C)CN(CC(C)(C)C)C(=O)[C@@H]1CC12CCS(=O)(=O)CC2. The average molecular weight is 344 g/mol. The smallest absolute Gasteiger partial charge is 0.226 e. The Kier molecular flexibility index (Phi) is 4.69. The van der Waals surface area contributed by atoms with E-state index in [-0.39, 0.29) is 39.6 Å². The number of hydrogen-bond donors (Lipinski definition) is 0. The predicted octanol–water partition coefficient (Wildman–Crippen LogP) is 3.12. The molecule has 1 amide bonds. The van der Waals surface area contributed by atoms with Gasteiger partial charge in [0.05, 0.1) is 11.5 Å². The van der Waals surface area contributed by atoms with Crippen molar-refractivity contribution in [3.05, 3.63) is 0 Å². The van der Waals surface area contributed by atoms with E-state index in [9.17, 15) is 13.2 Å². The Hall–Kier alpha value is -0.580. The number of carbonyl (C=O) groups is 1. The van der Waals surface area contributed by atoms with Crippen molar-refractivity contribution in [2.75, 3.05) is 24.6 Å². The maximum Gasteiger partial charge on any atom is 0.226 e. The zero-order valence-electron chi connectivity index (χ0n) is 15.6. The predicted molar refractivity (Wildman–Crippen MR) is 93.9 cm³/mol. The van der Waals surface area contributed by atoms with Crippen LogP contribution in [0.1, 0.15) is 60.8 Å². The summed E-state index contributed by atoms with van der Waals surface area (Å²) < 4.78 is 23.3. The third kappa shape index (κ3) is 4.94. The molecule has 0 aromatic carbocycles. The molecule has 2 rings (SSSR count). The lowest BCUT2D eigenvalue weighted by Gasteiger charge is -2.35. The van der Waals surface area contributed by atoms with Crippen molar-refractivity contribution in [3.8, 4) is 0 Å². The molecule has 1 saturated carbocycles. The highest BCUT2D eigenvalue weighted by Gasteiger charge is 2.60. The molecule has 0 N–H and O–H groups in total. The Bertz CT molecular complexity index is 536. The number of nitrogens with zero attached hydrogens (tertiary/aromatic N) is 1. The van der Waals surface area contributed by atoms with E-state index in [1.54, 1.807) is 0 Å². The zero-order valence-corrected chi connectivity index (χ0v) is 16.4. The molecule has 0 bridgehead atoms. The Morgan fingerprint density at radius 1 is 1.00 bits per heavy atom. The van der Waals surface area contributed by atoms with Crippen LogP contribution in [0.2, 0.25) is 0 Å². The monoisotopic (exact) mass is 343 g/mol. The fraction of sp³-hybridized carbons (Fsp3) is 0.944. The van der Waals surface area contributed by atoms with Gasteiger partial charge in [0.2, 0.25) is 5.91 Å². The minimum atomic E-state index is -2.87. The summed E-state index contributed by atoms with van der Waals surface area (Å²) in [4.78, 5) is 15.1. The number of carbonyl (C=O) groups excluding carboxylic acids is 1. The third-order valence-electron chi connectivity index (χ3n) is 4.95. The summed E-state index contributed by atoms with van der Waals surface area (Å²) in [7, 11) is -2.87. The van der Waals surface area contributed by atoms with E-state index in [0.717, 1.165) is 19.5 Å². The van der Waals surface area contributed by atoms with Gasteiger partial charge in [0.15, 0.2) is 0 Å². The van der Waals surface area contributed by atoms with Crippen LogP contribution in [0.4, 0.5) is 0 Å². The molecule has 1 saturated heterocycles. The van der Waals surface area contributed by atoms with E-state index in [1.165, 1.54) is 0 Å². The molecule has 1 spiro atoms. The van der Waals surface area contributed by atoms with Crippen molar-refractivity contribution in [2.24, 2.45) is 22.2 Å². The number of sulfone groups is 1. The normalized spacial score (nSPS) is 26.1. The standard InChI is InChI=1S/C18H33NO3S/c1-16(2,3)12-19(13-17(4,5)6)15(20)14-11-18(14)7-9-23(21,22)10-8-18/h14H,7-13H2,1-6H3/t14-/m0/s1. The molecule has 1 atom stereocenters. The van der Waals surface area contributed by atoms with Crippen LogP contribution in [0.3, 0.4) is 0 Å². The molecule has 0 aromatic rings. The van der Waals surface area contributed by atoms with Crippen LogP contribution in [0, 0.1) is 22.2 Å². The summed E-state index contributed by atoms with van der Waals surface area (Å²) >= 11 is 0. The summed E-state index contributed by atoms with van der Waals surface area (Å²) in [6.45, 7) is 14.5. The zero-order chi connectivity index (χ0) is 17.7. The maximum absolute atomic E-state index is 13.1. The van der Waals surface area contributed by atoms with Gasteiger partial charge in [-0.1, -0.05) is 41.5 Å². The van der Waals surface area contributed by atoms with Crippen molar-refractivity contribution < 1.29 is 13.2 Å². The molecule has 2 fully saturated rings. The molecule has 4 nitrogen and oxygen atoms in total. The first-order valence-electron chi connectivity index (χ1n) is 8.72. The van der Waals surface area contributed by atoms with Gasteiger partial charge in [0.1, 0.15) is 9.84 Å². The van der Waals surface area contributed by atoms with Crippen LogP contribution in [0.15, 0.2) is 0 Å². The molecule has 0 unspecified atom stereocenters. The van der Waals surface area contributed by atoms with Gasteiger partial charge in [-0.05, 0) is 35.5 Å². The second-order valence-electron chi connectivity index (χ2n) is 10.1. The summed E-state index contributed by atoms with van der Waals surface area (Å²) in [6, 6.07) is 0. The Morgan fingerprint density at radius 3 is 1.83 bits per heavy atom. The van der Waals surface area contributed by atoms with Gasteiger partial charge in [-0.15, -0.1) is 0 Å². The maximum atomic E-state index is 13.1. The van der Waals surface area contributed by atoms with E-state index >= 15 is 0 Å². The van der Waals surface area contributed by atoms with E-state index in [0.29, 0.717) is 12.8 Å². The van der Waals surface area contributed by atoms with Crippen molar-refractivity contribution in [1.29, 1.82) is 0 Å². The van der Waals surface area contributed by atoms with Crippen LogP contribution >= 0.6 is 0 Å². The number of amides is 1.